The van der Waals surface area contributed by atoms with Crippen LogP contribution in [0.25, 0.3) is 0 Å². The Balaban J connectivity index is 1.45. The average molecular weight is 439 g/mol. The molecule has 0 saturated carbocycles. The summed E-state index contributed by atoms with van der Waals surface area (Å²) >= 11 is 0. The summed E-state index contributed by atoms with van der Waals surface area (Å²) < 4.78 is 27.8. The largest absolute Gasteiger partial charge is 0.524 e. The molecule has 3 N–H and O–H groups in total. The number of piperidine rings is 1. The van der Waals surface area contributed by atoms with Crippen molar-refractivity contribution in [3.8, 4) is 5.75 Å². The number of aliphatic hydroxyl groups excluding tert-OH is 1. The van der Waals surface area contributed by atoms with E-state index in [1.807, 2.05) is 18.2 Å². The van der Waals surface area contributed by atoms with E-state index in [9.17, 15) is 13.9 Å². The van der Waals surface area contributed by atoms with Gasteiger partial charge in [-0.1, -0.05) is 30.3 Å². The fourth-order valence-electron chi connectivity index (χ4n) is 3.52. The molecule has 0 spiro atoms. The summed E-state index contributed by atoms with van der Waals surface area (Å²) in [7, 11) is -5.84. The summed E-state index contributed by atoms with van der Waals surface area (Å²) in [4.78, 5) is 20.3. The van der Waals surface area contributed by atoms with Crippen molar-refractivity contribution in [2.45, 2.75) is 23.8 Å². The normalized spacial score (nSPS) is 21.6. The van der Waals surface area contributed by atoms with Crippen molar-refractivity contribution < 1.29 is 28.2 Å². The molecule has 0 radical (unpaired) electrons. The van der Waals surface area contributed by atoms with Gasteiger partial charge in [-0.2, -0.15) is 0 Å². The second kappa shape index (κ2) is 9.98. The van der Waals surface area contributed by atoms with E-state index in [-0.39, 0.29) is 11.7 Å². The number of likely N-dealkylation sites (tertiary alicyclic amines) is 1. The van der Waals surface area contributed by atoms with Crippen LogP contribution in [-0.4, -0.2) is 55.5 Å². The van der Waals surface area contributed by atoms with Gasteiger partial charge in [-0.05, 0) is 55.1 Å². The van der Waals surface area contributed by atoms with E-state index in [0.29, 0.717) is 23.7 Å². The maximum atomic E-state index is 12.5. The van der Waals surface area contributed by atoms with E-state index in [0.717, 1.165) is 19.4 Å². The quantitative estimate of drug-likeness (QED) is 0.541. The number of hydrogen-bond acceptors (Lipinski definition) is 5. The molecule has 1 heterocycles. The van der Waals surface area contributed by atoms with Gasteiger partial charge >= 0.3 is 7.82 Å². The van der Waals surface area contributed by atoms with E-state index < -0.39 is 24.7 Å². The van der Waals surface area contributed by atoms with Crippen LogP contribution in [0.15, 0.2) is 59.5 Å². The number of aliphatic hydroxyl groups is 1. The van der Waals surface area contributed by atoms with Gasteiger partial charge in [0.15, 0.2) is 0 Å². The number of hydrogen-bond donors (Lipinski definition) is 3. The summed E-state index contributed by atoms with van der Waals surface area (Å²) in [5.74, 6) is 0.692. The lowest BCUT2D eigenvalue weighted by atomic mass is 9.88. The Hall–Kier alpha value is -1.54. The summed E-state index contributed by atoms with van der Waals surface area (Å²) in [5.41, 5.74) is 1.23. The molecule has 0 bridgehead atoms. The molecule has 1 fully saturated rings. The van der Waals surface area contributed by atoms with Gasteiger partial charge in [-0.25, -0.2) is 4.57 Å². The van der Waals surface area contributed by atoms with Gasteiger partial charge in [0.2, 0.25) is 0 Å². The minimum absolute atomic E-state index is 0.0303. The lowest BCUT2D eigenvalue weighted by molar-refractivity contribution is 0.0246. The molecular formula is C20H26NO6PS. The van der Waals surface area contributed by atoms with Gasteiger partial charge in [-0.3, -0.25) is 18.9 Å². The highest BCUT2D eigenvalue weighted by molar-refractivity contribution is 7.85. The smallest absolute Gasteiger partial charge is 0.404 e. The lowest BCUT2D eigenvalue weighted by Crippen LogP contribution is -2.45. The zero-order chi connectivity index (χ0) is 20.9. The molecule has 1 aliphatic rings. The van der Waals surface area contributed by atoms with Crippen LogP contribution in [0.3, 0.4) is 0 Å². The van der Waals surface area contributed by atoms with Gasteiger partial charge in [0.05, 0.1) is 16.9 Å². The zero-order valence-corrected chi connectivity index (χ0v) is 17.7. The second-order valence-electron chi connectivity index (χ2n) is 7.21. The summed E-state index contributed by atoms with van der Waals surface area (Å²) in [6, 6.07) is 16.0. The number of nitrogens with zero attached hydrogens (tertiary/aromatic N) is 1. The predicted molar refractivity (Wildman–Crippen MR) is 111 cm³/mol. The molecule has 0 aliphatic carbocycles. The van der Waals surface area contributed by atoms with Crippen LogP contribution in [-0.2, 0) is 21.8 Å². The molecule has 3 atom stereocenters. The molecule has 7 nitrogen and oxygen atoms in total. The van der Waals surface area contributed by atoms with Crippen LogP contribution < -0.4 is 4.52 Å². The average Bonchev–Trinajstić information content (AvgIpc) is 2.68. The molecule has 9 heteroatoms. The Bertz CT molecular complexity index is 857. The van der Waals surface area contributed by atoms with Gasteiger partial charge in [-0.15, -0.1) is 0 Å². The van der Waals surface area contributed by atoms with Gasteiger partial charge < -0.3 is 9.63 Å². The summed E-state index contributed by atoms with van der Waals surface area (Å²) in [6.45, 7) is 2.05. The summed E-state index contributed by atoms with van der Waals surface area (Å²) in [5, 5.41) is 10.5. The Morgan fingerprint density at radius 2 is 1.79 bits per heavy atom. The Morgan fingerprint density at radius 1 is 1.10 bits per heavy atom. The van der Waals surface area contributed by atoms with Crippen molar-refractivity contribution in [1.29, 1.82) is 0 Å². The standard InChI is InChI=1S/C20H26NO6PS/c22-20-15-21(11-10-17(20)14-16-4-2-1-3-5-16)12-13-29(26)19-8-6-18(7-9-19)27-28(23,24)25/h1-9,17,20,22H,10-15H2,(H2,23,24,25). The SMILES string of the molecule is O=S(CCN1CCC(Cc2ccccc2)C(O)C1)c1ccc(OP(=O)(O)O)cc1. The highest BCUT2D eigenvalue weighted by Crippen LogP contribution is 2.37. The first-order chi connectivity index (χ1) is 13.8. The molecule has 3 rings (SSSR count). The molecule has 1 saturated heterocycles. The van der Waals surface area contributed by atoms with E-state index in [1.54, 1.807) is 12.1 Å². The number of phosphoric ester groups is 1. The maximum Gasteiger partial charge on any atom is 0.524 e. The third-order valence-electron chi connectivity index (χ3n) is 5.05. The molecule has 3 unspecified atom stereocenters. The molecular weight excluding hydrogens is 413 g/mol. The van der Waals surface area contributed by atoms with Gasteiger partial charge in [0.1, 0.15) is 5.75 Å². The van der Waals surface area contributed by atoms with Crippen LogP contribution in [0.4, 0.5) is 0 Å². The minimum atomic E-state index is -4.60. The number of phosphoric acid groups is 1. The van der Waals surface area contributed by atoms with E-state index in [4.69, 9.17) is 9.79 Å². The molecule has 2 aromatic rings. The second-order valence-corrected chi connectivity index (χ2v) is 9.94. The third kappa shape index (κ3) is 7.03. The first kappa shape index (κ1) is 22.2. The topological polar surface area (TPSA) is 107 Å². The molecule has 0 amide bonds. The Kier molecular flexibility index (Phi) is 7.62. The number of β-amino-alcohol motifs (C(OH)–C–C–N with tert-alkyl or cyclic N) is 1. The van der Waals surface area contributed by atoms with Crippen molar-refractivity contribution in [2.24, 2.45) is 5.92 Å². The molecule has 158 valence electrons. The van der Waals surface area contributed by atoms with E-state index in [2.05, 4.69) is 21.6 Å². The minimum Gasteiger partial charge on any atom is -0.404 e. The first-order valence-corrected chi connectivity index (χ1v) is 12.3. The predicted octanol–water partition coefficient (Wildman–Crippen LogP) is 2.19. The summed E-state index contributed by atoms with van der Waals surface area (Å²) in [6.07, 6.45) is 1.36. The van der Waals surface area contributed by atoms with Gasteiger partial charge in [0.25, 0.3) is 0 Å². The van der Waals surface area contributed by atoms with E-state index >= 15 is 0 Å². The Morgan fingerprint density at radius 3 is 2.41 bits per heavy atom. The van der Waals surface area contributed by atoms with Crippen molar-refractivity contribution >= 4 is 18.6 Å². The van der Waals surface area contributed by atoms with Crippen LogP contribution in [0.2, 0.25) is 0 Å². The van der Waals surface area contributed by atoms with Gasteiger partial charge in [0, 0.05) is 23.7 Å². The van der Waals surface area contributed by atoms with Crippen LogP contribution >= 0.6 is 7.82 Å². The lowest BCUT2D eigenvalue weighted by Gasteiger charge is -2.36. The highest BCUT2D eigenvalue weighted by Gasteiger charge is 2.27. The third-order valence-corrected chi connectivity index (χ3v) is 6.85. The van der Waals surface area contributed by atoms with Crippen LogP contribution in [0.1, 0.15) is 12.0 Å². The Labute approximate surface area is 173 Å². The maximum absolute atomic E-state index is 12.5. The van der Waals surface area contributed by atoms with Crippen LogP contribution in [0, 0.1) is 5.92 Å². The fourth-order valence-corrected chi connectivity index (χ4v) is 5.02. The number of rotatable bonds is 8. The van der Waals surface area contributed by atoms with Crippen molar-refractivity contribution in [1.82, 2.24) is 4.90 Å². The zero-order valence-electron chi connectivity index (χ0n) is 16.0. The highest BCUT2D eigenvalue weighted by atomic mass is 32.2. The van der Waals surface area contributed by atoms with Crippen molar-refractivity contribution in [2.75, 3.05) is 25.4 Å². The monoisotopic (exact) mass is 439 g/mol. The van der Waals surface area contributed by atoms with Crippen molar-refractivity contribution in [3.05, 3.63) is 60.2 Å². The fraction of sp³-hybridized carbons (Fsp3) is 0.400. The number of benzene rings is 2. The van der Waals surface area contributed by atoms with Crippen LogP contribution in [0.5, 0.6) is 5.75 Å². The molecule has 1 aliphatic heterocycles. The first-order valence-electron chi connectivity index (χ1n) is 9.48. The van der Waals surface area contributed by atoms with E-state index in [1.165, 1.54) is 17.7 Å². The molecule has 2 aromatic carbocycles. The van der Waals surface area contributed by atoms with Crippen molar-refractivity contribution in [3.63, 3.8) is 0 Å². The molecule has 29 heavy (non-hydrogen) atoms. The molecule has 0 aromatic heterocycles.